The number of hydrogen-bond donors (Lipinski definition) is 1. The number of carbonyl (C=O) groups is 1. The van der Waals surface area contributed by atoms with Crippen LogP contribution in [0.15, 0.2) is 29.4 Å². The number of likely N-dealkylation sites (tertiary alicyclic amines) is 1. The SMILES string of the molecule is CCn1c(SCC(=O)N2CCCCC2)nnc1-c1ccc(NS(C)(=O)=O)cc1. The van der Waals surface area contributed by atoms with Crippen molar-refractivity contribution in [3.8, 4) is 11.4 Å². The lowest BCUT2D eigenvalue weighted by Gasteiger charge is -2.26. The van der Waals surface area contributed by atoms with Gasteiger partial charge in [0.15, 0.2) is 11.0 Å². The Balaban J connectivity index is 1.70. The van der Waals surface area contributed by atoms with E-state index in [1.54, 1.807) is 24.3 Å². The van der Waals surface area contributed by atoms with Crippen molar-refractivity contribution in [2.75, 3.05) is 29.8 Å². The van der Waals surface area contributed by atoms with Gasteiger partial charge in [-0.15, -0.1) is 10.2 Å². The third kappa shape index (κ3) is 5.26. The van der Waals surface area contributed by atoms with Crippen LogP contribution in [0.3, 0.4) is 0 Å². The molecule has 10 heteroatoms. The van der Waals surface area contributed by atoms with Crippen LogP contribution in [0.25, 0.3) is 11.4 Å². The Morgan fingerprint density at radius 1 is 1.14 bits per heavy atom. The van der Waals surface area contributed by atoms with Crippen LogP contribution in [0.4, 0.5) is 5.69 Å². The zero-order valence-electron chi connectivity index (χ0n) is 16.1. The molecule has 152 valence electrons. The molecular formula is C18H25N5O3S2. The number of thioether (sulfide) groups is 1. The second-order valence-corrected chi connectivity index (χ2v) is 9.42. The molecule has 0 atom stereocenters. The first kappa shape index (κ1) is 20.7. The predicted molar refractivity (Wildman–Crippen MR) is 111 cm³/mol. The fourth-order valence-electron chi connectivity index (χ4n) is 3.16. The first-order valence-corrected chi connectivity index (χ1v) is 12.2. The Hall–Kier alpha value is -2.07. The summed E-state index contributed by atoms with van der Waals surface area (Å²) in [5.41, 5.74) is 1.33. The predicted octanol–water partition coefficient (Wildman–Crippen LogP) is 2.44. The number of amides is 1. The topological polar surface area (TPSA) is 97.2 Å². The molecule has 1 aliphatic rings. The highest BCUT2D eigenvalue weighted by Gasteiger charge is 2.19. The zero-order chi connectivity index (χ0) is 20.1. The van der Waals surface area contributed by atoms with Gasteiger partial charge >= 0.3 is 0 Å². The quantitative estimate of drug-likeness (QED) is 0.687. The zero-order valence-corrected chi connectivity index (χ0v) is 17.7. The van der Waals surface area contributed by atoms with Crippen LogP contribution in [0.2, 0.25) is 0 Å². The number of nitrogens with one attached hydrogen (secondary N) is 1. The van der Waals surface area contributed by atoms with E-state index in [0.717, 1.165) is 37.8 Å². The van der Waals surface area contributed by atoms with Crippen LogP contribution in [0, 0.1) is 0 Å². The van der Waals surface area contributed by atoms with Crippen molar-refractivity contribution < 1.29 is 13.2 Å². The van der Waals surface area contributed by atoms with Crippen LogP contribution in [0.1, 0.15) is 26.2 Å². The molecule has 0 saturated carbocycles. The average Bonchev–Trinajstić information content (AvgIpc) is 3.09. The molecule has 1 fully saturated rings. The molecule has 0 bridgehead atoms. The van der Waals surface area contributed by atoms with E-state index in [9.17, 15) is 13.2 Å². The van der Waals surface area contributed by atoms with E-state index in [0.29, 0.717) is 29.0 Å². The Morgan fingerprint density at radius 3 is 2.43 bits per heavy atom. The van der Waals surface area contributed by atoms with Gasteiger partial charge in [0, 0.05) is 30.9 Å². The first-order chi connectivity index (χ1) is 13.4. The Labute approximate surface area is 169 Å². The number of carbonyl (C=O) groups excluding carboxylic acids is 1. The van der Waals surface area contributed by atoms with Crippen LogP contribution in [0.5, 0.6) is 0 Å². The van der Waals surface area contributed by atoms with Crippen LogP contribution in [-0.4, -0.2) is 59.1 Å². The van der Waals surface area contributed by atoms with E-state index in [1.807, 2.05) is 16.4 Å². The Kier molecular flexibility index (Phi) is 6.61. The highest BCUT2D eigenvalue weighted by atomic mass is 32.2. The third-order valence-electron chi connectivity index (χ3n) is 4.51. The van der Waals surface area contributed by atoms with Crippen molar-refractivity contribution in [2.45, 2.75) is 37.9 Å². The maximum absolute atomic E-state index is 12.4. The molecule has 3 rings (SSSR count). The molecule has 1 saturated heterocycles. The number of nitrogens with zero attached hydrogens (tertiary/aromatic N) is 4. The minimum atomic E-state index is -3.31. The van der Waals surface area contributed by atoms with Gasteiger partial charge in [-0.2, -0.15) is 0 Å². The minimum Gasteiger partial charge on any atom is -0.342 e. The summed E-state index contributed by atoms with van der Waals surface area (Å²) in [6.45, 7) is 4.37. The van der Waals surface area contributed by atoms with Crippen molar-refractivity contribution >= 4 is 33.4 Å². The number of rotatable bonds is 7. The molecule has 2 aromatic rings. The van der Waals surface area contributed by atoms with Crippen LogP contribution >= 0.6 is 11.8 Å². The van der Waals surface area contributed by atoms with E-state index in [4.69, 9.17) is 0 Å². The molecule has 0 unspecified atom stereocenters. The maximum Gasteiger partial charge on any atom is 0.233 e. The average molecular weight is 424 g/mol. The number of hydrogen-bond acceptors (Lipinski definition) is 6. The second-order valence-electron chi connectivity index (χ2n) is 6.73. The van der Waals surface area contributed by atoms with E-state index in [1.165, 1.54) is 18.2 Å². The summed E-state index contributed by atoms with van der Waals surface area (Å²) in [7, 11) is -3.31. The molecule has 1 aromatic carbocycles. The Bertz CT molecular complexity index is 919. The van der Waals surface area contributed by atoms with Gasteiger partial charge in [-0.05, 0) is 50.5 Å². The molecule has 1 aromatic heterocycles. The van der Waals surface area contributed by atoms with E-state index in [-0.39, 0.29) is 5.91 Å². The molecular weight excluding hydrogens is 398 g/mol. The highest BCUT2D eigenvalue weighted by Crippen LogP contribution is 2.25. The summed E-state index contributed by atoms with van der Waals surface area (Å²) in [6.07, 6.45) is 4.47. The van der Waals surface area contributed by atoms with Gasteiger partial charge in [0.1, 0.15) is 0 Å². The number of anilines is 1. The van der Waals surface area contributed by atoms with Crippen LogP contribution < -0.4 is 4.72 Å². The number of sulfonamides is 1. The van der Waals surface area contributed by atoms with E-state index < -0.39 is 10.0 Å². The normalized spacial score (nSPS) is 14.9. The lowest BCUT2D eigenvalue weighted by molar-refractivity contribution is -0.129. The minimum absolute atomic E-state index is 0.146. The van der Waals surface area contributed by atoms with Crippen molar-refractivity contribution in [2.24, 2.45) is 0 Å². The molecule has 1 aliphatic heterocycles. The van der Waals surface area contributed by atoms with Gasteiger partial charge in [-0.3, -0.25) is 9.52 Å². The fourth-order valence-corrected chi connectivity index (χ4v) is 4.63. The van der Waals surface area contributed by atoms with Gasteiger partial charge in [0.2, 0.25) is 15.9 Å². The molecule has 1 N–H and O–H groups in total. The molecule has 0 spiro atoms. The van der Waals surface area contributed by atoms with Crippen LogP contribution in [-0.2, 0) is 21.4 Å². The molecule has 1 amide bonds. The summed E-state index contributed by atoms with van der Waals surface area (Å²) in [5, 5.41) is 9.25. The lowest BCUT2D eigenvalue weighted by Crippen LogP contribution is -2.36. The Morgan fingerprint density at radius 2 is 1.82 bits per heavy atom. The molecule has 28 heavy (non-hydrogen) atoms. The van der Waals surface area contributed by atoms with Gasteiger partial charge in [0.25, 0.3) is 0 Å². The maximum atomic E-state index is 12.4. The largest absolute Gasteiger partial charge is 0.342 e. The smallest absolute Gasteiger partial charge is 0.233 e. The first-order valence-electron chi connectivity index (χ1n) is 9.29. The molecule has 0 radical (unpaired) electrons. The summed E-state index contributed by atoms with van der Waals surface area (Å²) in [5.74, 6) is 1.20. The van der Waals surface area contributed by atoms with Gasteiger partial charge < -0.3 is 9.47 Å². The number of benzene rings is 1. The van der Waals surface area contributed by atoms with Gasteiger partial charge in [0.05, 0.1) is 12.0 Å². The number of aromatic nitrogens is 3. The van der Waals surface area contributed by atoms with Crippen molar-refractivity contribution in [1.29, 1.82) is 0 Å². The van der Waals surface area contributed by atoms with Crippen molar-refractivity contribution in [3.63, 3.8) is 0 Å². The summed E-state index contributed by atoms with van der Waals surface area (Å²) >= 11 is 1.41. The summed E-state index contributed by atoms with van der Waals surface area (Å²) in [4.78, 5) is 14.3. The number of piperidine rings is 1. The van der Waals surface area contributed by atoms with Crippen molar-refractivity contribution in [3.05, 3.63) is 24.3 Å². The van der Waals surface area contributed by atoms with E-state index >= 15 is 0 Å². The standard InChI is InChI=1S/C18H25N5O3S2/c1-3-23-17(14-7-9-15(10-8-14)21-28(2,25)26)19-20-18(23)27-13-16(24)22-11-5-4-6-12-22/h7-10,21H,3-6,11-13H2,1-2H3. The van der Waals surface area contributed by atoms with Crippen molar-refractivity contribution in [1.82, 2.24) is 19.7 Å². The fraction of sp³-hybridized carbons (Fsp3) is 0.500. The van der Waals surface area contributed by atoms with E-state index in [2.05, 4.69) is 14.9 Å². The third-order valence-corrected chi connectivity index (χ3v) is 6.07. The summed E-state index contributed by atoms with van der Waals surface area (Å²) in [6, 6.07) is 6.99. The molecule has 0 aliphatic carbocycles. The second kappa shape index (κ2) is 8.95. The summed E-state index contributed by atoms with van der Waals surface area (Å²) < 4.78 is 27.1. The molecule has 2 heterocycles. The monoisotopic (exact) mass is 423 g/mol. The van der Waals surface area contributed by atoms with Gasteiger partial charge in [-0.25, -0.2) is 8.42 Å². The molecule has 8 nitrogen and oxygen atoms in total. The van der Waals surface area contributed by atoms with Gasteiger partial charge in [-0.1, -0.05) is 11.8 Å². The lowest BCUT2D eigenvalue weighted by atomic mass is 10.1. The highest BCUT2D eigenvalue weighted by molar-refractivity contribution is 7.99.